The number of morpholine rings is 1. The molecule has 0 aromatic heterocycles. The van der Waals surface area contributed by atoms with Gasteiger partial charge in [-0.25, -0.2) is 4.39 Å². The van der Waals surface area contributed by atoms with E-state index >= 15 is 0 Å². The molecule has 2 aromatic rings. The van der Waals surface area contributed by atoms with Crippen molar-refractivity contribution in [1.29, 1.82) is 0 Å². The summed E-state index contributed by atoms with van der Waals surface area (Å²) < 4.78 is 24.7. The second kappa shape index (κ2) is 9.87. The highest BCUT2D eigenvalue weighted by atomic mass is 35.5. The Morgan fingerprint density at radius 2 is 2.04 bits per heavy atom. The highest BCUT2D eigenvalue weighted by molar-refractivity contribution is 6.31. The Balaban J connectivity index is 1.61. The molecule has 1 heterocycles. The quantitative estimate of drug-likeness (QED) is 0.766. The van der Waals surface area contributed by atoms with E-state index in [9.17, 15) is 9.18 Å². The molecule has 1 aliphatic rings. The molecule has 28 heavy (non-hydrogen) atoms. The number of amides is 1. The smallest absolute Gasteiger partial charge is 0.258 e. The first-order valence-electron chi connectivity index (χ1n) is 9.26. The van der Waals surface area contributed by atoms with Crippen LogP contribution < -0.4 is 10.1 Å². The molecule has 1 unspecified atom stereocenters. The van der Waals surface area contributed by atoms with Gasteiger partial charge in [0.25, 0.3) is 5.91 Å². The van der Waals surface area contributed by atoms with Crippen LogP contribution in [0.1, 0.15) is 17.2 Å². The second-order valence-electron chi connectivity index (χ2n) is 6.67. The number of benzene rings is 2. The van der Waals surface area contributed by atoms with Crippen molar-refractivity contribution in [3.05, 3.63) is 64.4 Å². The van der Waals surface area contributed by atoms with E-state index in [0.717, 1.165) is 24.2 Å². The molecule has 2 aromatic carbocycles. The van der Waals surface area contributed by atoms with Crippen LogP contribution in [0.4, 0.5) is 4.39 Å². The van der Waals surface area contributed by atoms with Crippen molar-refractivity contribution < 1.29 is 18.7 Å². The van der Waals surface area contributed by atoms with Crippen molar-refractivity contribution in [1.82, 2.24) is 10.2 Å². The molecule has 1 atom stereocenters. The minimum absolute atomic E-state index is 0.111. The Bertz CT molecular complexity index is 812. The number of nitrogens with one attached hydrogen (secondary N) is 1. The average Bonchev–Trinajstić information content (AvgIpc) is 2.70. The van der Waals surface area contributed by atoms with Crippen LogP contribution in [0.3, 0.4) is 0 Å². The van der Waals surface area contributed by atoms with Gasteiger partial charge in [-0.2, -0.15) is 0 Å². The Kier molecular flexibility index (Phi) is 7.25. The molecule has 5 nitrogen and oxygen atoms in total. The Morgan fingerprint density at radius 3 is 2.79 bits per heavy atom. The molecule has 7 heteroatoms. The summed E-state index contributed by atoms with van der Waals surface area (Å²) in [7, 11) is 0. The van der Waals surface area contributed by atoms with Crippen LogP contribution in [0.5, 0.6) is 5.75 Å². The molecule has 0 aliphatic carbocycles. The van der Waals surface area contributed by atoms with E-state index in [1.807, 2.05) is 13.0 Å². The third kappa shape index (κ3) is 5.44. The molecule has 0 bridgehead atoms. The number of hydrogen-bond acceptors (Lipinski definition) is 4. The van der Waals surface area contributed by atoms with Gasteiger partial charge in [-0.3, -0.25) is 9.69 Å². The highest BCUT2D eigenvalue weighted by Crippen LogP contribution is 2.25. The number of hydrogen-bond donors (Lipinski definition) is 1. The lowest BCUT2D eigenvalue weighted by Gasteiger charge is -2.35. The minimum Gasteiger partial charge on any atom is -0.483 e. The maximum Gasteiger partial charge on any atom is 0.258 e. The summed E-state index contributed by atoms with van der Waals surface area (Å²) in [5, 5.41) is 3.49. The van der Waals surface area contributed by atoms with Crippen LogP contribution in [0.25, 0.3) is 0 Å². The largest absolute Gasteiger partial charge is 0.483 e. The lowest BCUT2D eigenvalue weighted by Crippen LogP contribution is -2.44. The number of carbonyl (C=O) groups is 1. The molecule has 0 radical (unpaired) electrons. The molecule has 1 saturated heterocycles. The number of carbonyl (C=O) groups excluding carboxylic acids is 1. The minimum atomic E-state index is -0.290. The van der Waals surface area contributed by atoms with Crippen molar-refractivity contribution >= 4 is 17.5 Å². The zero-order valence-electron chi connectivity index (χ0n) is 15.8. The van der Waals surface area contributed by atoms with Crippen molar-refractivity contribution in [2.45, 2.75) is 13.0 Å². The van der Waals surface area contributed by atoms with Gasteiger partial charge in [0.15, 0.2) is 6.61 Å². The van der Waals surface area contributed by atoms with Gasteiger partial charge in [0.1, 0.15) is 11.6 Å². The standard InChI is InChI=1S/C21H24ClFN2O3/c1-15-18(22)6-3-7-20(15)28-14-21(26)24-13-19(25-8-10-27-11-9-25)16-4-2-5-17(23)12-16/h2-7,12,19H,8-11,13-14H2,1H3,(H,24,26). The van der Waals surface area contributed by atoms with E-state index < -0.39 is 0 Å². The molecular weight excluding hydrogens is 383 g/mol. The number of rotatable bonds is 7. The fourth-order valence-electron chi connectivity index (χ4n) is 3.21. The fraction of sp³-hybridized carbons (Fsp3) is 0.381. The summed E-state index contributed by atoms with van der Waals surface area (Å²) in [5.74, 6) is 0.0494. The zero-order chi connectivity index (χ0) is 19.9. The van der Waals surface area contributed by atoms with Crippen LogP contribution >= 0.6 is 11.6 Å². The Morgan fingerprint density at radius 1 is 1.29 bits per heavy atom. The molecule has 3 rings (SSSR count). The fourth-order valence-corrected chi connectivity index (χ4v) is 3.38. The van der Waals surface area contributed by atoms with Crippen LogP contribution in [0.2, 0.25) is 5.02 Å². The van der Waals surface area contributed by atoms with E-state index in [1.54, 1.807) is 24.3 Å². The molecular formula is C21H24ClFN2O3. The lowest BCUT2D eigenvalue weighted by atomic mass is 10.0. The second-order valence-corrected chi connectivity index (χ2v) is 7.08. The monoisotopic (exact) mass is 406 g/mol. The summed E-state index contributed by atoms with van der Waals surface area (Å²) in [6, 6.07) is 11.7. The number of nitrogens with zero attached hydrogens (tertiary/aromatic N) is 1. The van der Waals surface area contributed by atoms with Crippen molar-refractivity contribution in [3.63, 3.8) is 0 Å². The topological polar surface area (TPSA) is 50.8 Å². The molecule has 1 aliphatic heterocycles. The van der Waals surface area contributed by atoms with E-state index in [2.05, 4.69) is 10.2 Å². The Labute approximate surface area is 169 Å². The SMILES string of the molecule is Cc1c(Cl)cccc1OCC(=O)NCC(c1cccc(F)c1)N1CCOCC1. The van der Waals surface area contributed by atoms with Crippen molar-refractivity contribution in [2.24, 2.45) is 0 Å². The Hall–Kier alpha value is -2.15. The highest BCUT2D eigenvalue weighted by Gasteiger charge is 2.23. The van der Waals surface area contributed by atoms with E-state index in [1.165, 1.54) is 12.1 Å². The van der Waals surface area contributed by atoms with Gasteiger partial charge >= 0.3 is 0 Å². The normalized spacial score (nSPS) is 15.8. The summed E-state index contributed by atoms with van der Waals surface area (Å²) >= 11 is 6.07. The summed E-state index contributed by atoms with van der Waals surface area (Å²) in [6.45, 7) is 4.80. The van der Waals surface area contributed by atoms with Gasteiger partial charge in [-0.05, 0) is 36.8 Å². The zero-order valence-corrected chi connectivity index (χ0v) is 16.5. The third-order valence-electron chi connectivity index (χ3n) is 4.79. The van der Waals surface area contributed by atoms with Crippen molar-refractivity contribution in [3.8, 4) is 5.75 Å². The van der Waals surface area contributed by atoms with E-state index in [0.29, 0.717) is 30.5 Å². The predicted octanol–water partition coefficient (Wildman–Crippen LogP) is 3.36. The van der Waals surface area contributed by atoms with Gasteiger partial charge in [0, 0.05) is 30.2 Å². The van der Waals surface area contributed by atoms with Gasteiger partial charge in [0.05, 0.1) is 19.3 Å². The third-order valence-corrected chi connectivity index (χ3v) is 5.20. The van der Waals surface area contributed by atoms with Gasteiger partial charge in [0.2, 0.25) is 0 Å². The van der Waals surface area contributed by atoms with Crippen molar-refractivity contribution in [2.75, 3.05) is 39.5 Å². The maximum absolute atomic E-state index is 13.7. The van der Waals surface area contributed by atoms with E-state index in [-0.39, 0.29) is 24.4 Å². The first-order chi connectivity index (χ1) is 13.5. The first kappa shape index (κ1) is 20.6. The molecule has 0 spiro atoms. The van der Waals surface area contributed by atoms with Gasteiger partial charge < -0.3 is 14.8 Å². The van der Waals surface area contributed by atoms with Crippen LogP contribution in [-0.2, 0) is 9.53 Å². The molecule has 1 amide bonds. The predicted molar refractivity (Wildman–Crippen MR) is 106 cm³/mol. The number of ether oxygens (including phenoxy) is 2. The van der Waals surface area contributed by atoms with Gasteiger partial charge in [-0.15, -0.1) is 0 Å². The van der Waals surface area contributed by atoms with E-state index in [4.69, 9.17) is 21.1 Å². The summed E-state index contributed by atoms with van der Waals surface area (Å²) in [4.78, 5) is 14.5. The molecule has 150 valence electrons. The van der Waals surface area contributed by atoms with Crippen LogP contribution in [-0.4, -0.2) is 50.3 Å². The van der Waals surface area contributed by atoms with Crippen LogP contribution in [0, 0.1) is 12.7 Å². The average molecular weight is 407 g/mol. The number of halogens is 2. The molecule has 0 saturated carbocycles. The molecule has 1 N–H and O–H groups in total. The van der Waals surface area contributed by atoms with Crippen LogP contribution in [0.15, 0.2) is 42.5 Å². The summed E-state index contributed by atoms with van der Waals surface area (Å²) in [5.41, 5.74) is 1.62. The van der Waals surface area contributed by atoms with Gasteiger partial charge in [-0.1, -0.05) is 29.8 Å². The first-order valence-corrected chi connectivity index (χ1v) is 9.64. The maximum atomic E-state index is 13.7. The molecule has 1 fully saturated rings. The summed E-state index contributed by atoms with van der Waals surface area (Å²) in [6.07, 6.45) is 0. The lowest BCUT2D eigenvalue weighted by molar-refractivity contribution is -0.123.